The molecule has 4 aromatic carbocycles. The number of carbonyl (C=O) groups is 6. The van der Waals surface area contributed by atoms with Gasteiger partial charge in [-0.25, -0.2) is 9.37 Å². The number of thiazole rings is 1. The lowest BCUT2D eigenvalue weighted by Crippen LogP contribution is -2.60. The summed E-state index contributed by atoms with van der Waals surface area (Å²) < 4.78 is 38.7. The van der Waals surface area contributed by atoms with Gasteiger partial charge < -0.3 is 55.5 Å². The van der Waals surface area contributed by atoms with Gasteiger partial charge in [-0.2, -0.15) is 0 Å². The molecule has 3 aliphatic heterocycles. The highest BCUT2D eigenvalue weighted by molar-refractivity contribution is 7.13. The first-order valence-corrected chi connectivity index (χ1v) is 31.3. The maximum absolute atomic E-state index is 16.3. The van der Waals surface area contributed by atoms with Crippen LogP contribution in [0, 0.1) is 18.2 Å². The lowest BCUT2D eigenvalue weighted by Gasteiger charge is -2.47. The average Bonchev–Trinajstić information content (AvgIpc) is 1.52. The number of nitrogens with one attached hydrogen (secondary N) is 6. The van der Waals surface area contributed by atoms with Crippen molar-refractivity contribution in [2.75, 3.05) is 76.6 Å². The topological polar surface area (TPSA) is 248 Å². The number of nitrogens with zero attached hydrogens (tertiary/aromatic N) is 2. The van der Waals surface area contributed by atoms with E-state index in [-0.39, 0.29) is 93.3 Å². The van der Waals surface area contributed by atoms with Crippen LogP contribution in [0.5, 0.6) is 0 Å². The summed E-state index contributed by atoms with van der Waals surface area (Å²) in [5.41, 5.74) is 3.79. The van der Waals surface area contributed by atoms with Gasteiger partial charge in [-0.1, -0.05) is 106 Å². The number of rotatable bonds is 25. The number of carbonyl (C=O) groups excluding carboxylic acids is 6. The zero-order valence-corrected chi connectivity index (χ0v) is 51.9. The van der Waals surface area contributed by atoms with Gasteiger partial charge in [0.15, 0.2) is 0 Å². The van der Waals surface area contributed by atoms with Crippen LogP contribution >= 0.6 is 34.5 Å². The van der Waals surface area contributed by atoms with Gasteiger partial charge in [-0.05, 0) is 96.8 Å². The van der Waals surface area contributed by atoms with Crippen molar-refractivity contribution in [3.63, 3.8) is 0 Å². The molecule has 1 aliphatic carbocycles. The van der Waals surface area contributed by atoms with Gasteiger partial charge in [0.1, 0.15) is 23.3 Å². The molecule has 2 spiro atoms. The molecule has 1 aromatic heterocycles. The average molecular weight is 1260 g/mol. The predicted molar refractivity (Wildman–Crippen MR) is 330 cm³/mol. The number of aromatic nitrogens is 1. The van der Waals surface area contributed by atoms with Crippen molar-refractivity contribution in [2.24, 2.45) is 5.41 Å². The van der Waals surface area contributed by atoms with Gasteiger partial charge in [0, 0.05) is 59.3 Å². The SMILES string of the molecule is Cc1ncsc1-c1ccc([C@H](C)NC(=O)[C@@H]2C[C@@H](O)CN2C(=O)[C@@H](NC(=O)CCOCCOCCOCCOCCNC(=O)c2ccc(NC(=O)[C@@H]3NC4(CCCCC4)[C@@]4(C(=O)Nc5cc(Cl)ccc54)[C@H]3c3cccc(Cl)c3F)cc2)C(C)(C)C)cc1. The van der Waals surface area contributed by atoms with E-state index < -0.39 is 70.1 Å². The molecule has 466 valence electrons. The fourth-order valence-electron chi connectivity index (χ4n) is 12.7. The van der Waals surface area contributed by atoms with Gasteiger partial charge in [0.2, 0.25) is 29.5 Å². The highest BCUT2D eigenvalue weighted by Crippen LogP contribution is 2.63. The van der Waals surface area contributed by atoms with Crippen molar-refractivity contribution in [3.05, 3.63) is 134 Å². The molecular weight excluding hydrogens is 1180 g/mol. The molecule has 1 saturated carbocycles. The van der Waals surface area contributed by atoms with Crippen LogP contribution < -0.4 is 31.9 Å². The molecule has 7 atom stereocenters. The number of hydrogen-bond donors (Lipinski definition) is 7. The van der Waals surface area contributed by atoms with Gasteiger partial charge in [-0.3, -0.25) is 34.1 Å². The zero-order chi connectivity index (χ0) is 62.0. The van der Waals surface area contributed by atoms with E-state index in [9.17, 15) is 33.9 Å². The molecule has 19 nitrogen and oxygen atoms in total. The molecule has 2 saturated heterocycles. The smallest absolute Gasteiger partial charge is 0.251 e. The highest BCUT2D eigenvalue weighted by atomic mass is 35.5. The Bertz CT molecular complexity index is 3270. The molecule has 4 aliphatic rings. The third-order valence-corrected chi connectivity index (χ3v) is 18.4. The van der Waals surface area contributed by atoms with E-state index in [1.807, 2.05) is 58.9 Å². The second-order valence-electron chi connectivity index (χ2n) is 23.7. The fourth-order valence-corrected chi connectivity index (χ4v) is 13.8. The van der Waals surface area contributed by atoms with Crippen molar-refractivity contribution in [3.8, 4) is 10.4 Å². The number of amides is 6. The molecule has 9 rings (SSSR count). The molecule has 6 amide bonds. The second-order valence-corrected chi connectivity index (χ2v) is 25.4. The van der Waals surface area contributed by atoms with Crippen LogP contribution in [0.25, 0.3) is 10.4 Å². The number of anilines is 2. The third kappa shape index (κ3) is 14.7. The van der Waals surface area contributed by atoms with Crippen molar-refractivity contribution < 1.29 is 57.2 Å². The number of halogens is 3. The summed E-state index contributed by atoms with van der Waals surface area (Å²) in [6, 6.07) is 20.8. The predicted octanol–water partition coefficient (Wildman–Crippen LogP) is 8.41. The molecule has 0 bridgehead atoms. The van der Waals surface area contributed by atoms with Gasteiger partial charge in [-0.15, -0.1) is 11.3 Å². The molecular formula is C64H77Cl2FN8O11S. The summed E-state index contributed by atoms with van der Waals surface area (Å²) >= 11 is 14.4. The van der Waals surface area contributed by atoms with Crippen LogP contribution in [0.1, 0.15) is 117 Å². The Balaban J connectivity index is 0.640. The Hall–Kier alpha value is -6.40. The lowest BCUT2D eigenvalue weighted by atomic mass is 9.55. The standard InChI is InChI=1S/C64H77Cl2FN8O11S/c1-38(40-12-14-41(15-13-40)55-39(2)69-37-87-55)70-58(79)50-35-45(76)36-75(50)60(81)56(62(3,4)5)73-51(77)22-26-83-28-30-85-32-33-86-31-29-84-27-25-68-57(78)42-16-19-44(20-17-42)71-59(80)54-52(46-10-9-11-48(66)53(46)67)64(63(74-54)23-7-6-8-24-63)47-21-18-43(65)34-49(47)72-61(64)82/h9-21,34,37-38,45,50,52,54,56,74,76H,6-8,22-33,35-36H2,1-5H3,(H,68,78)(H,70,79)(H,71,80)(H,72,82)(H,73,77)/t38-,45+,50-,52-,54+,56+,64+/m0/s1. The molecule has 5 aromatic rings. The summed E-state index contributed by atoms with van der Waals surface area (Å²) in [6.07, 6.45) is 2.91. The summed E-state index contributed by atoms with van der Waals surface area (Å²) in [4.78, 5) is 89.9. The van der Waals surface area contributed by atoms with Crippen LogP contribution in [0.2, 0.25) is 10.0 Å². The largest absolute Gasteiger partial charge is 0.391 e. The van der Waals surface area contributed by atoms with Crippen LogP contribution in [0.4, 0.5) is 15.8 Å². The number of aryl methyl sites for hydroxylation is 1. The van der Waals surface area contributed by atoms with Crippen LogP contribution in [-0.4, -0.2) is 146 Å². The summed E-state index contributed by atoms with van der Waals surface area (Å²) in [5.74, 6) is -4.06. The Morgan fingerprint density at radius 2 is 1.52 bits per heavy atom. The van der Waals surface area contributed by atoms with Crippen molar-refractivity contribution in [1.29, 1.82) is 0 Å². The molecule has 87 heavy (non-hydrogen) atoms. The summed E-state index contributed by atoms with van der Waals surface area (Å²) in [7, 11) is 0. The molecule has 3 fully saturated rings. The first-order valence-electron chi connectivity index (χ1n) is 29.6. The quantitative estimate of drug-likeness (QED) is 0.0272. The van der Waals surface area contributed by atoms with E-state index in [4.69, 9.17) is 42.1 Å². The normalized spacial score (nSPS) is 21.1. The van der Waals surface area contributed by atoms with Crippen LogP contribution in [0.3, 0.4) is 0 Å². The Morgan fingerprint density at radius 1 is 0.851 bits per heavy atom. The molecule has 0 radical (unpaired) electrons. The number of hydrogen-bond acceptors (Lipinski definition) is 14. The molecule has 0 unspecified atom stereocenters. The Kier molecular flexibility index (Phi) is 21.6. The lowest BCUT2D eigenvalue weighted by molar-refractivity contribution is -0.144. The Morgan fingerprint density at radius 3 is 2.17 bits per heavy atom. The minimum atomic E-state index is -1.37. The van der Waals surface area contributed by atoms with E-state index in [0.717, 1.165) is 41.0 Å². The second kappa shape index (κ2) is 28.8. The van der Waals surface area contributed by atoms with Crippen LogP contribution in [-0.2, 0) is 48.3 Å². The first-order chi connectivity index (χ1) is 41.7. The van der Waals surface area contributed by atoms with E-state index in [1.54, 1.807) is 71.4 Å². The number of β-amino-alcohol motifs (C(OH)–C–C–N with tert-alkyl or cyclic N) is 1. The third-order valence-electron chi connectivity index (χ3n) is 16.9. The number of likely N-dealkylation sites (tertiary alicyclic amines) is 1. The number of aliphatic hydroxyl groups is 1. The number of ether oxygens (including phenoxy) is 4. The fraction of sp³-hybridized carbons (Fsp3) is 0.484. The number of benzene rings is 4. The molecule has 7 N–H and O–H groups in total. The summed E-state index contributed by atoms with van der Waals surface area (Å²) in [6.45, 7) is 11.5. The van der Waals surface area contributed by atoms with Gasteiger partial charge in [0.05, 0.1) is 92.1 Å². The van der Waals surface area contributed by atoms with Gasteiger partial charge >= 0.3 is 0 Å². The zero-order valence-electron chi connectivity index (χ0n) is 49.6. The number of aliphatic hydroxyl groups excluding tert-OH is 1. The highest BCUT2D eigenvalue weighted by Gasteiger charge is 2.72. The summed E-state index contributed by atoms with van der Waals surface area (Å²) in [5, 5.41) is 29.3. The first kappa shape index (κ1) is 65.1. The molecule has 4 heterocycles. The molecule has 23 heteroatoms. The van der Waals surface area contributed by atoms with Gasteiger partial charge in [0.25, 0.3) is 5.91 Å². The Labute approximate surface area is 520 Å². The monoisotopic (exact) mass is 1250 g/mol. The van der Waals surface area contributed by atoms with Crippen LogP contribution in [0.15, 0.2) is 90.4 Å². The maximum atomic E-state index is 16.3. The minimum Gasteiger partial charge on any atom is -0.391 e. The van der Waals surface area contributed by atoms with E-state index in [1.165, 1.54) is 11.0 Å². The van der Waals surface area contributed by atoms with E-state index in [0.29, 0.717) is 60.2 Å². The van der Waals surface area contributed by atoms with Crippen molar-refractivity contribution in [2.45, 2.75) is 127 Å². The van der Waals surface area contributed by atoms with E-state index in [2.05, 4.69) is 36.9 Å². The number of fused-ring (bicyclic) bond motifs is 3. The minimum absolute atomic E-state index is 0.0102. The maximum Gasteiger partial charge on any atom is 0.251 e. The van der Waals surface area contributed by atoms with Crippen molar-refractivity contribution >= 4 is 81.4 Å². The van der Waals surface area contributed by atoms with Crippen molar-refractivity contribution in [1.82, 2.24) is 31.2 Å². The van der Waals surface area contributed by atoms with E-state index >= 15 is 4.39 Å².